The molecule has 1 rings (SSSR count). The Morgan fingerprint density at radius 1 is 1.36 bits per heavy atom. The van der Waals surface area contributed by atoms with Crippen LogP contribution in [0.3, 0.4) is 0 Å². The summed E-state index contributed by atoms with van der Waals surface area (Å²) in [7, 11) is 0. The quantitative estimate of drug-likeness (QED) is 0.676. The number of alkyl halides is 3. The van der Waals surface area contributed by atoms with Gasteiger partial charge in [-0.25, -0.2) is 6.57 Å². The number of benzene rings is 1. The van der Waals surface area contributed by atoms with Gasteiger partial charge in [-0.15, -0.1) is 0 Å². The van der Waals surface area contributed by atoms with Crippen molar-refractivity contribution in [3.05, 3.63) is 45.7 Å². The molecule has 0 saturated heterocycles. The number of nitrogens with zero attached hydrogens (tertiary/aromatic N) is 1. The first-order valence-corrected chi connectivity index (χ1v) is 4.43. The lowest BCUT2D eigenvalue weighted by atomic mass is 10.1. The Bertz CT molecular complexity index is 367. The van der Waals surface area contributed by atoms with E-state index in [2.05, 4.69) is 20.8 Å². The zero-order valence-electron chi connectivity index (χ0n) is 6.85. The molecule has 0 amide bonds. The molecular formula is C9H5BrF3N. The fourth-order valence-corrected chi connectivity index (χ4v) is 1.43. The molecule has 1 aromatic carbocycles. The summed E-state index contributed by atoms with van der Waals surface area (Å²) in [5, 5.41) is 0. The highest BCUT2D eigenvalue weighted by atomic mass is 79.9. The van der Waals surface area contributed by atoms with Crippen LogP contribution in [0.4, 0.5) is 13.2 Å². The average Bonchev–Trinajstić information content (AvgIpc) is 2.02. The average molecular weight is 264 g/mol. The summed E-state index contributed by atoms with van der Waals surface area (Å²) >= 11 is 3.06. The predicted molar refractivity (Wildman–Crippen MR) is 49.5 cm³/mol. The Morgan fingerprint density at radius 3 is 2.43 bits per heavy atom. The maximum absolute atomic E-state index is 12.3. The van der Waals surface area contributed by atoms with Crippen LogP contribution in [0.5, 0.6) is 0 Å². The first kappa shape index (κ1) is 11.1. The predicted octanol–water partition coefficient (Wildman–Crippen LogP) is 3.97. The second kappa shape index (κ2) is 4.01. The van der Waals surface area contributed by atoms with Crippen molar-refractivity contribution in [2.75, 3.05) is 0 Å². The third-order valence-electron chi connectivity index (χ3n) is 1.60. The Balaban J connectivity index is 3.09. The molecule has 0 fully saturated rings. The molecule has 1 aromatic rings. The van der Waals surface area contributed by atoms with Crippen LogP contribution >= 0.6 is 15.9 Å². The van der Waals surface area contributed by atoms with Crippen LogP contribution in [0.1, 0.15) is 11.6 Å². The molecule has 0 saturated carbocycles. The van der Waals surface area contributed by atoms with Gasteiger partial charge in [0.1, 0.15) is 0 Å². The SMILES string of the molecule is [C-]#[N+]C(c1cccc(Br)c1)C(F)(F)F. The number of halogens is 4. The zero-order chi connectivity index (χ0) is 10.8. The minimum atomic E-state index is -4.51. The first-order valence-electron chi connectivity index (χ1n) is 3.64. The third-order valence-corrected chi connectivity index (χ3v) is 2.10. The molecule has 0 spiro atoms. The molecule has 0 aliphatic carbocycles. The molecule has 0 aliphatic rings. The monoisotopic (exact) mass is 263 g/mol. The van der Waals surface area contributed by atoms with Crippen LogP contribution in [-0.2, 0) is 0 Å². The molecule has 0 aliphatic heterocycles. The third kappa shape index (κ3) is 2.48. The molecule has 0 bridgehead atoms. The molecule has 1 unspecified atom stereocenters. The van der Waals surface area contributed by atoms with Gasteiger partial charge >= 0.3 is 12.2 Å². The van der Waals surface area contributed by atoms with Crippen LogP contribution in [0.15, 0.2) is 28.7 Å². The van der Waals surface area contributed by atoms with Gasteiger partial charge in [0.25, 0.3) is 0 Å². The molecule has 5 heteroatoms. The highest BCUT2D eigenvalue weighted by Crippen LogP contribution is 2.36. The molecule has 0 radical (unpaired) electrons. The van der Waals surface area contributed by atoms with Crippen molar-refractivity contribution in [3.63, 3.8) is 0 Å². The van der Waals surface area contributed by atoms with E-state index < -0.39 is 12.2 Å². The van der Waals surface area contributed by atoms with Crippen LogP contribution in [-0.4, -0.2) is 6.18 Å². The lowest BCUT2D eigenvalue weighted by Gasteiger charge is -2.09. The van der Waals surface area contributed by atoms with Gasteiger partial charge in [0, 0.05) is 10.0 Å². The van der Waals surface area contributed by atoms with Crippen molar-refractivity contribution in [1.82, 2.24) is 0 Å². The summed E-state index contributed by atoms with van der Waals surface area (Å²) < 4.78 is 37.5. The van der Waals surface area contributed by atoms with Gasteiger partial charge in [0.05, 0.1) is 0 Å². The topological polar surface area (TPSA) is 4.36 Å². The molecule has 0 N–H and O–H groups in total. The van der Waals surface area contributed by atoms with Gasteiger partial charge in [-0.3, -0.25) is 4.85 Å². The van der Waals surface area contributed by atoms with E-state index in [0.29, 0.717) is 4.47 Å². The van der Waals surface area contributed by atoms with Gasteiger partial charge < -0.3 is 0 Å². The van der Waals surface area contributed by atoms with Crippen molar-refractivity contribution in [3.8, 4) is 0 Å². The van der Waals surface area contributed by atoms with E-state index in [4.69, 9.17) is 6.57 Å². The van der Waals surface area contributed by atoms with Crippen molar-refractivity contribution >= 4 is 15.9 Å². The lowest BCUT2D eigenvalue weighted by molar-refractivity contribution is -0.140. The smallest absolute Gasteiger partial charge is 0.298 e. The van der Waals surface area contributed by atoms with E-state index >= 15 is 0 Å². The van der Waals surface area contributed by atoms with Crippen LogP contribution in [0.25, 0.3) is 4.85 Å². The standard InChI is InChI=1S/C9H5BrF3N/c1-14-8(9(11,12)13)6-3-2-4-7(10)5-6/h2-5,8H. The van der Waals surface area contributed by atoms with Gasteiger partial charge in [0.15, 0.2) is 0 Å². The largest absolute Gasteiger partial charge is 0.470 e. The van der Waals surface area contributed by atoms with Gasteiger partial charge in [-0.1, -0.05) is 28.1 Å². The molecule has 1 nitrogen and oxygen atoms in total. The minimum Gasteiger partial charge on any atom is -0.298 e. The van der Waals surface area contributed by atoms with Crippen molar-refractivity contribution in [2.45, 2.75) is 12.2 Å². The highest BCUT2D eigenvalue weighted by molar-refractivity contribution is 9.10. The summed E-state index contributed by atoms with van der Waals surface area (Å²) in [6.45, 7) is 6.51. The molecule has 1 atom stereocenters. The molecule has 0 aromatic heterocycles. The van der Waals surface area contributed by atoms with Crippen molar-refractivity contribution < 1.29 is 13.2 Å². The van der Waals surface area contributed by atoms with Crippen molar-refractivity contribution in [2.24, 2.45) is 0 Å². The summed E-state index contributed by atoms with van der Waals surface area (Å²) in [5.41, 5.74) is -0.0399. The van der Waals surface area contributed by atoms with Crippen LogP contribution < -0.4 is 0 Å². The Hall–Kier alpha value is -1.02. The van der Waals surface area contributed by atoms with E-state index in [9.17, 15) is 13.2 Å². The molecule has 74 valence electrons. The molecule has 0 heterocycles. The Morgan fingerprint density at radius 2 is 2.00 bits per heavy atom. The number of rotatable bonds is 1. The summed E-state index contributed by atoms with van der Waals surface area (Å²) in [4.78, 5) is 2.57. The highest BCUT2D eigenvalue weighted by Gasteiger charge is 2.47. The van der Waals surface area contributed by atoms with E-state index in [-0.39, 0.29) is 5.56 Å². The van der Waals surface area contributed by atoms with E-state index in [0.717, 1.165) is 0 Å². The number of hydrogen-bond donors (Lipinski definition) is 0. The molecular weight excluding hydrogens is 259 g/mol. The fraction of sp³-hybridized carbons (Fsp3) is 0.222. The Labute approximate surface area is 87.5 Å². The second-order valence-corrected chi connectivity index (χ2v) is 3.54. The zero-order valence-corrected chi connectivity index (χ0v) is 8.43. The van der Waals surface area contributed by atoms with E-state index in [1.165, 1.54) is 18.2 Å². The number of hydrogen-bond acceptors (Lipinski definition) is 0. The second-order valence-electron chi connectivity index (χ2n) is 2.63. The van der Waals surface area contributed by atoms with E-state index in [1.807, 2.05) is 0 Å². The summed E-state index contributed by atoms with van der Waals surface area (Å²) in [6.07, 6.45) is -4.51. The van der Waals surface area contributed by atoms with Gasteiger partial charge in [0.2, 0.25) is 0 Å². The van der Waals surface area contributed by atoms with Gasteiger partial charge in [-0.2, -0.15) is 13.2 Å². The van der Waals surface area contributed by atoms with Gasteiger partial charge in [-0.05, 0) is 12.1 Å². The Kier molecular flexibility index (Phi) is 3.17. The maximum atomic E-state index is 12.3. The minimum absolute atomic E-state index is 0.0399. The van der Waals surface area contributed by atoms with Crippen molar-refractivity contribution in [1.29, 1.82) is 0 Å². The normalized spacial score (nSPS) is 13.4. The van der Waals surface area contributed by atoms with Crippen LogP contribution in [0, 0.1) is 6.57 Å². The maximum Gasteiger partial charge on any atom is 0.470 e. The van der Waals surface area contributed by atoms with Crippen LogP contribution in [0.2, 0.25) is 0 Å². The molecule has 14 heavy (non-hydrogen) atoms. The summed E-state index contributed by atoms with van der Waals surface area (Å²) in [5.74, 6) is 0. The summed E-state index contributed by atoms with van der Waals surface area (Å²) in [6, 6.07) is 3.61. The van der Waals surface area contributed by atoms with E-state index in [1.54, 1.807) is 6.07 Å². The first-order chi connectivity index (χ1) is 6.45. The fourth-order valence-electron chi connectivity index (χ4n) is 1.01. The lowest BCUT2D eigenvalue weighted by Crippen LogP contribution is -2.17.